The predicted molar refractivity (Wildman–Crippen MR) is 51.5 cm³/mol. The molecule has 1 amide bonds. The summed E-state index contributed by atoms with van der Waals surface area (Å²) < 4.78 is 13.2. The zero-order chi connectivity index (χ0) is 9.84. The van der Waals surface area contributed by atoms with Gasteiger partial charge in [-0.25, -0.2) is 4.39 Å². The monoisotopic (exact) mass is 246 g/mol. The quantitative estimate of drug-likeness (QED) is 0.785. The Hall–Kier alpha value is -1.10. The fourth-order valence-electron chi connectivity index (χ4n) is 0.746. The molecule has 0 saturated carbocycles. The van der Waals surface area contributed by atoms with Crippen LogP contribution in [0.5, 0.6) is 0 Å². The maximum absolute atomic E-state index is 12.6. The highest BCUT2D eigenvalue weighted by Crippen LogP contribution is 2.21. The van der Waals surface area contributed by atoms with E-state index in [-0.39, 0.29) is 11.7 Å². The molecule has 0 aliphatic heterocycles. The van der Waals surface area contributed by atoms with Gasteiger partial charge in [0, 0.05) is 11.4 Å². The Morgan fingerprint density at radius 2 is 2.23 bits per heavy atom. The van der Waals surface area contributed by atoms with E-state index in [1.165, 1.54) is 25.1 Å². The van der Waals surface area contributed by atoms with Crippen LogP contribution in [0.25, 0.3) is 0 Å². The summed E-state index contributed by atoms with van der Waals surface area (Å²) in [5.41, 5.74) is 5.62. The number of hydrogen-bond donors (Lipinski definition) is 2. The van der Waals surface area contributed by atoms with Crippen molar-refractivity contribution in [3.63, 3.8) is 0 Å². The fraction of sp³-hybridized carbons (Fsp3) is 0.125. The number of benzene rings is 1. The van der Waals surface area contributed by atoms with E-state index < -0.39 is 0 Å². The van der Waals surface area contributed by atoms with Gasteiger partial charge in [-0.1, -0.05) is 0 Å². The van der Waals surface area contributed by atoms with Crippen molar-refractivity contribution in [3.8, 4) is 0 Å². The van der Waals surface area contributed by atoms with Gasteiger partial charge in [-0.05, 0) is 34.1 Å². The van der Waals surface area contributed by atoms with Crippen LogP contribution >= 0.6 is 15.9 Å². The minimum absolute atomic E-state index is 0.212. The van der Waals surface area contributed by atoms with Gasteiger partial charge in [0.05, 0.1) is 5.69 Å². The Morgan fingerprint density at radius 3 is 2.77 bits per heavy atom. The molecule has 0 aromatic heterocycles. The number of hydrazine groups is 1. The van der Waals surface area contributed by atoms with Crippen LogP contribution < -0.4 is 10.9 Å². The molecule has 2 N–H and O–H groups in total. The normalized spacial score (nSPS) is 9.46. The van der Waals surface area contributed by atoms with E-state index in [0.29, 0.717) is 10.2 Å². The fourth-order valence-corrected chi connectivity index (χ4v) is 1.20. The minimum atomic E-state index is -0.333. The van der Waals surface area contributed by atoms with Crippen LogP contribution in [0.3, 0.4) is 0 Å². The molecule has 1 aromatic carbocycles. The van der Waals surface area contributed by atoms with Crippen molar-refractivity contribution >= 4 is 27.5 Å². The zero-order valence-electron chi connectivity index (χ0n) is 6.90. The smallest absolute Gasteiger partial charge is 0.235 e. The maximum Gasteiger partial charge on any atom is 0.235 e. The first-order valence-corrected chi connectivity index (χ1v) is 4.36. The van der Waals surface area contributed by atoms with Gasteiger partial charge < -0.3 is 0 Å². The molecular weight excluding hydrogens is 239 g/mol. The van der Waals surface area contributed by atoms with Crippen molar-refractivity contribution in [2.45, 2.75) is 6.92 Å². The first kappa shape index (κ1) is 9.98. The highest BCUT2D eigenvalue weighted by Gasteiger charge is 2.00. The highest BCUT2D eigenvalue weighted by molar-refractivity contribution is 9.10. The van der Waals surface area contributed by atoms with Gasteiger partial charge in [-0.15, -0.1) is 0 Å². The Kier molecular flexibility index (Phi) is 3.25. The van der Waals surface area contributed by atoms with Gasteiger partial charge in [-0.2, -0.15) is 0 Å². The summed E-state index contributed by atoms with van der Waals surface area (Å²) in [6, 6.07) is 4.13. The second kappa shape index (κ2) is 4.23. The van der Waals surface area contributed by atoms with Crippen LogP contribution in [0.4, 0.5) is 10.1 Å². The third-order valence-corrected chi connectivity index (χ3v) is 1.96. The Bertz CT molecular complexity index is 330. The molecule has 0 aliphatic carbocycles. The lowest BCUT2D eigenvalue weighted by atomic mass is 10.3. The summed E-state index contributed by atoms with van der Waals surface area (Å²) in [5.74, 6) is -0.545. The highest BCUT2D eigenvalue weighted by atomic mass is 79.9. The van der Waals surface area contributed by atoms with Crippen molar-refractivity contribution in [1.29, 1.82) is 0 Å². The van der Waals surface area contributed by atoms with E-state index in [4.69, 9.17) is 0 Å². The molecule has 0 unspecified atom stereocenters. The second-order valence-electron chi connectivity index (χ2n) is 2.43. The lowest BCUT2D eigenvalue weighted by molar-refractivity contribution is -0.118. The van der Waals surface area contributed by atoms with E-state index >= 15 is 0 Å². The summed E-state index contributed by atoms with van der Waals surface area (Å²) >= 11 is 3.14. The average Bonchev–Trinajstić information content (AvgIpc) is 2.02. The molecule has 0 fully saturated rings. The summed E-state index contributed by atoms with van der Waals surface area (Å²) in [6.45, 7) is 1.38. The number of anilines is 1. The van der Waals surface area contributed by atoms with Crippen molar-refractivity contribution in [2.24, 2.45) is 0 Å². The van der Waals surface area contributed by atoms with Crippen LogP contribution in [0, 0.1) is 5.82 Å². The molecule has 13 heavy (non-hydrogen) atoms. The molecule has 0 saturated heterocycles. The molecule has 5 heteroatoms. The molecule has 3 nitrogen and oxygen atoms in total. The average molecular weight is 247 g/mol. The predicted octanol–water partition coefficient (Wildman–Crippen LogP) is 2.05. The number of nitrogens with one attached hydrogen (secondary N) is 2. The summed E-state index contributed by atoms with van der Waals surface area (Å²) in [4.78, 5) is 10.5. The van der Waals surface area contributed by atoms with Gasteiger partial charge in [0.15, 0.2) is 0 Å². The first-order chi connectivity index (χ1) is 6.09. The number of carbonyl (C=O) groups is 1. The van der Waals surface area contributed by atoms with Crippen LogP contribution in [0.1, 0.15) is 6.92 Å². The van der Waals surface area contributed by atoms with Gasteiger partial charge in [0.1, 0.15) is 5.82 Å². The van der Waals surface area contributed by atoms with Gasteiger partial charge >= 0.3 is 0 Å². The van der Waals surface area contributed by atoms with Crippen LogP contribution in [-0.2, 0) is 4.79 Å². The van der Waals surface area contributed by atoms with Crippen LogP contribution in [-0.4, -0.2) is 5.91 Å². The topological polar surface area (TPSA) is 41.1 Å². The SMILES string of the molecule is CC(=O)NNc1ccc(F)cc1Br. The number of hydrogen-bond acceptors (Lipinski definition) is 2. The Morgan fingerprint density at radius 1 is 1.54 bits per heavy atom. The van der Waals surface area contributed by atoms with Crippen molar-refractivity contribution in [2.75, 3.05) is 5.43 Å². The zero-order valence-corrected chi connectivity index (χ0v) is 8.48. The number of carbonyl (C=O) groups excluding carboxylic acids is 1. The first-order valence-electron chi connectivity index (χ1n) is 3.57. The van der Waals surface area contributed by atoms with Crippen LogP contribution in [0.2, 0.25) is 0 Å². The molecule has 0 aliphatic rings. The van der Waals surface area contributed by atoms with E-state index in [9.17, 15) is 9.18 Å². The Balaban J connectivity index is 2.72. The minimum Gasteiger partial charge on any atom is -0.297 e. The number of amides is 1. The van der Waals surface area contributed by atoms with Crippen molar-refractivity contribution in [3.05, 3.63) is 28.5 Å². The number of rotatable bonds is 2. The standard InChI is InChI=1S/C8H8BrFN2O/c1-5(13)11-12-8-3-2-6(10)4-7(8)9/h2-4,12H,1H3,(H,11,13). The van der Waals surface area contributed by atoms with Crippen molar-refractivity contribution < 1.29 is 9.18 Å². The van der Waals surface area contributed by atoms with E-state index in [1.807, 2.05) is 0 Å². The van der Waals surface area contributed by atoms with Gasteiger partial charge in [-0.3, -0.25) is 15.6 Å². The van der Waals surface area contributed by atoms with Gasteiger partial charge in [0.25, 0.3) is 0 Å². The number of halogens is 2. The third-order valence-electron chi connectivity index (χ3n) is 1.30. The molecular formula is C8H8BrFN2O. The van der Waals surface area contributed by atoms with E-state index in [0.717, 1.165) is 0 Å². The molecule has 1 rings (SSSR count). The lowest BCUT2D eigenvalue weighted by Crippen LogP contribution is -2.26. The Labute approximate surface area is 83.4 Å². The largest absolute Gasteiger partial charge is 0.297 e. The van der Waals surface area contributed by atoms with E-state index in [1.54, 1.807) is 0 Å². The molecule has 0 spiro atoms. The molecule has 0 atom stereocenters. The molecule has 0 radical (unpaired) electrons. The second-order valence-corrected chi connectivity index (χ2v) is 3.28. The third kappa shape index (κ3) is 3.02. The molecule has 0 bridgehead atoms. The molecule has 70 valence electrons. The van der Waals surface area contributed by atoms with Crippen molar-refractivity contribution in [1.82, 2.24) is 5.43 Å². The summed E-state index contributed by atoms with van der Waals surface area (Å²) in [6.07, 6.45) is 0. The summed E-state index contributed by atoms with van der Waals surface area (Å²) in [7, 11) is 0. The molecule has 0 heterocycles. The molecule has 1 aromatic rings. The van der Waals surface area contributed by atoms with E-state index in [2.05, 4.69) is 26.8 Å². The van der Waals surface area contributed by atoms with Crippen LogP contribution in [0.15, 0.2) is 22.7 Å². The summed E-state index contributed by atoms with van der Waals surface area (Å²) in [5, 5.41) is 0. The lowest BCUT2D eigenvalue weighted by Gasteiger charge is -2.07. The van der Waals surface area contributed by atoms with Gasteiger partial charge in [0.2, 0.25) is 5.91 Å². The maximum atomic E-state index is 12.6.